The Bertz CT molecular complexity index is 2560. The van der Waals surface area contributed by atoms with Crippen LogP contribution in [-0.4, -0.2) is 11.5 Å². The average molecular weight is 581 g/mol. The maximum atomic E-state index is 6.49. The van der Waals surface area contributed by atoms with E-state index in [4.69, 9.17) is 18.8 Å². The van der Waals surface area contributed by atoms with Gasteiger partial charge in [-0.15, -0.1) is 0 Å². The van der Waals surface area contributed by atoms with Crippen molar-refractivity contribution in [3.63, 3.8) is 0 Å². The molecule has 2 aromatic heterocycles. The summed E-state index contributed by atoms with van der Waals surface area (Å²) in [4.78, 5) is 10.9. The van der Waals surface area contributed by atoms with Crippen molar-refractivity contribution in [2.75, 3.05) is 0 Å². The van der Waals surface area contributed by atoms with Crippen LogP contribution in [0.4, 0.5) is 0 Å². The highest BCUT2D eigenvalue weighted by molar-refractivity contribution is 6.23. The fraction of sp³-hybridized carbons (Fsp3) is 0.0732. The lowest BCUT2D eigenvalue weighted by Gasteiger charge is -2.17. The van der Waals surface area contributed by atoms with Gasteiger partial charge in [0.1, 0.15) is 22.3 Å². The van der Waals surface area contributed by atoms with Crippen molar-refractivity contribution in [2.45, 2.75) is 19.8 Å². The minimum Gasteiger partial charge on any atom is -0.456 e. The van der Waals surface area contributed by atoms with E-state index in [1.807, 2.05) is 36.4 Å². The summed E-state index contributed by atoms with van der Waals surface area (Å²) in [5.74, 6) is 0.664. The van der Waals surface area contributed by atoms with Gasteiger partial charge < -0.3 is 8.83 Å². The lowest BCUT2D eigenvalue weighted by atomic mass is 9.95. The molecule has 214 valence electrons. The maximum absolute atomic E-state index is 6.49. The molecule has 0 bridgehead atoms. The Morgan fingerprint density at radius 3 is 2.11 bits per heavy atom. The quantitative estimate of drug-likeness (QED) is 0.209. The molecule has 0 N–H and O–H groups in total. The first-order valence-corrected chi connectivity index (χ1v) is 15.4. The average Bonchev–Trinajstić information content (AvgIpc) is 3.66. The number of hydrogen-bond acceptors (Lipinski definition) is 4. The molecule has 0 aliphatic carbocycles. The number of aliphatic imine (C=N–C) groups is 2. The van der Waals surface area contributed by atoms with Crippen molar-refractivity contribution in [1.29, 1.82) is 0 Å². The summed E-state index contributed by atoms with van der Waals surface area (Å²) < 4.78 is 12.8. The van der Waals surface area contributed by atoms with E-state index in [1.165, 1.54) is 16.3 Å². The second kappa shape index (κ2) is 10.2. The normalized spacial score (nSPS) is 15.9. The van der Waals surface area contributed by atoms with Crippen molar-refractivity contribution < 1.29 is 8.83 Å². The molecule has 8 aromatic rings. The second-order valence-electron chi connectivity index (χ2n) is 11.7. The summed E-state index contributed by atoms with van der Waals surface area (Å²) in [5.41, 5.74) is 9.55. The number of amidine groups is 1. The summed E-state index contributed by atoms with van der Waals surface area (Å²) in [6, 6.07) is 44.0. The number of hydrogen-bond donors (Lipinski definition) is 0. The molecule has 3 heterocycles. The number of furan rings is 2. The van der Waals surface area contributed by atoms with Gasteiger partial charge in [-0.1, -0.05) is 97.1 Å². The third-order valence-electron chi connectivity index (χ3n) is 8.99. The molecular formula is C41H28N2O2. The van der Waals surface area contributed by atoms with Crippen molar-refractivity contribution in [3.8, 4) is 0 Å². The number of benzene rings is 6. The highest BCUT2D eigenvalue weighted by Gasteiger charge is 2.22. The summed E-state index contributed by atoms with van der Waals surface area (Å²) in [6.07, 6.45) is 1.61. The van der Waals surface area contributed by atoms with Gasteiger partial charge in [-0.2, -0.15) is 0 Å². The van der Waals surface area contributed by atoms with Gasteiger partial charge in [0, 0.05) is 32.7 Å². The first-order chi connectivity index (χ1) is 22.2. The molecule has 0 amide bonds. The molecule has 0 atom stereocenters. The number of fused-ring (bicyclic) bond motifs is 7. The highest BCUT2D eigenvalue weighted by atomic mass is 16.3. The van der Waals surface area contributed by atoms with E-state index < -0.39 is 0 Å². The van der Waals surface area contributed by atoms with Crippen LogP contribution in [-0.2, 0) is 0 Å². The lowest BCUT2D eigenvalue weighted by Crippen LogP contribution is -2.11. The molecule has 4 heteroatoms. The molecule has 45 heavy (non-hydrogen) atoms. The zero-order chi connectivity index (χ0) is 29.9. The van der Waals surface area contributed by atoms with Gasteiger partial charge in [-0.25, -0.2) is 9.98 Å². The number of allylic oxidation sites excluding steroid dienone is 1. The van der Waals surface area contributed by atoms with Gasteiger partial charge in [0.05, 0.1) is 11.4 Å². The number of rotatable bonds is 3. The molecular weight excluding hydrogens is 552 g/mol. The Morgan fingerprint density at radius 1 is 0.533 bits per heavy atom. The van der Waals surface area contributed by atoms with Crippen LogP contribution in [0.1, 0.15) is 36.5 Å². The maximum Gasteiger partial charge on any atom is 0.160 e. The largest absolute Gasteiger partial charge is 0.456 e. The Kier molecular flexibility index (Phi) is 5.82. The Labute approximate surface area is 259 Å². The molecule has 0 spiro atoms. The molecule has 0 fully saturated rings. The van der Waals surface area contributed by atoms with Gasteiger partial charge in [-0.05, 0) is 72.0 Å². The lowest BCUT2D eigenvalue weighted by molar-refractivity contribution is 0.667. The van der Waals surface area contributed by atoms with E-state index in [-0.39, 0.29) is 0 Å². The fourth-order valence-corrected chi connectivity index (χ4v) is 6.72. The van der Waals surface area contributed by atoms with Gasteiger partial charge in [-0.3, -0.25) is 0 Å². The standard InChI is InChI=1S/C41H28N2O2/c1-25-20-23-34(28-22-21-26-10-2-3-11-27(26)24-28)42-41(32-15-9-19-37-38(32)31-13-5-7-18-36(31)44-37)43-39(25)33-16-8-14-30-29-12-4-6-17-35(29)45-40(30)33/h2-19,21-22,24H,20,23H2,1H3/b39-25+,42-34?,43-41?. The summed E-state index contributed by atoms with van der Waals surface area (Å²) in [7, 11) is 0. The van der Waals surface area contributed by atoms with Crippen molar-refractivity contribution in [2.24, 2.45) is 9.98 Å². The van der Waals surface area contributed by atoms with Gasteiger partial charge in [0.15, 0.2) is 5.84 Å². The first-order valence-electron chi connectivity index (χ1n) is 15.4. The second-order valence-corrected chi connectivity index (χ2v) is 11.7. The summed E-state index contributed by atoms with van der Waals surface area (Å²) in [6.45, 7) is 2.19. The molecule has 6 aromatic carbocycles. The summed E-state index contributed by atoms with van der Waals surface area (Å²) >= 11 is 0. The van der Waals surface area contributed by atoms with E-state index in [0.717, 1.165) is 84.8 Å². The predicted molar refractivity (Wildman–Crippen MR) is 186 cm³/mol. The minimum absolute atomic E-state index is 0.664. The van der Waals surface area contributed by atoms with Gasteiger partial charge in [0.25, 0.3) is 0 Å². The molecule has 1 aliphatic heterocycles. The van der Waals surface area contributed by atoms with Crippen LogP contribution in [0, 0.1) is 0 Å². The molecule has 0 radical (unpaired) electrons. The van der Waals surface area contributed by atoms with Crippen LogP contribution in [0.5, 0.6) is 0 Å². The van der Waals surface area contributed by atoms with Crippen LogP contribution >= 0.6 is 0 Å². The van der Waals surface area contributed by atoms with Crippen LogP contribution in [0.3, 0.4) is 0 Å². The molecule has 0 unspecified atom stereocenters. The fourth-order valence-electron chi connectivity index (χ4n) is 6.72. The Morgan fingerprint density at radius 2 is 1.22 bits per heavy atom. The zero-order valence-electron chi connectivity index (χ0n) is 24.7. The Hall–Kier alpha value is -5.74. The van der Waals surface area contributed by atoms with E-state index in [1.54, 1.807) is 0 Å². The number of para-hydroxylation sites is 3. The van der Waals surface area contributed by atoms with E-state index in [2.05, 4.69) is 97.9 Å². The van der Waals surface area contributed by atoms with Crippen molar-refractivity contribution in [1.82, 2.24) is 0 Å². The molecule has 9 rings (SSSR count). The highest BCUT2D eigenvalue weighted by Crippen LogP contribution is 2.38. The SMILES string of the molecule is C/C1=C(/c2cccc3c2oc2ccccc23)N=C(c2cccc3oc4ccccc4c23)N=C(c2ccc3ccccc3c2)CC1. The van der Waals surface area contributed by atoms with Crippen molar-refractivity contribution in [3.05, 3.63) is 150 Å². The molecule has 0 saturated heterocycles. The van der Waals surface area contributed by atoms with Crippen LogP contribution in [0.25, 0.3) is 60.3 Å². The van der Waals surface area contributed by atoms with Crippen LogP contribution in [0.15, 0.2) is 152 Å². The minimum atomic E-state index is 0.664. The van der Waals surface area contributed by atoms with Gasteiger partial charge in [0.2, 0.25) is 0 Å². The predicted octanol–water partition coefficient (Wildman–Crippen LogP) is 11.1. The zero-order valence-corrected chi connectivity index (χ0v) is 24.7. The monoisotopic (exact) mass is 580 g/mol. The van der Waals surface area contributed by atoms with Gasteiger partial charge >= 0.3 is 0 Å². The van der Waals surface area contributed by atoms with Crippen LogP contribution in [0.2, 0.25) is 0 Å². The van der Waals surface area contributed by atoms with E-state index >= 15 is 0 Å². The smallest absolute Gasteiger partial charge is 0.160 e. The summed E-state index contributed by atoms with van der Waals surface area (Å²) in [5, 5.41) is 6.68. The third-order valence-corrected chi connectivity index (χ3v) is 8.99. The first kappa shape index (κ1) is 25.7. The molecule has 4 nitrogen and oxygen atoms in total. The topological polar surface area (TPSA) is 51.0 Å². The van der Waals surface area contributed by atoms with E-state index in [0.29, 0.717) is 5.84 Å². The Balaban J connectivity index is 1.32. The third kappa shape index (κ3) is 4.21. The number of nitrogens with zero attached hydrogens (tertiary/aromatic N) is 2. The molecule has 1 aliphatic rings. The van der Waals surface area contributed by atoms with Crippen molar-refractivity contribution >= 4 is 71.9 Å². The van der Waals surface area contributed by atoms with Crippen LogP contribution < -0.4 is 0 Å². The molecule has 0 saturated carbocycles. The van der Waals surface area contributed by atoms with E-state index in [9.17, 15) is 0 Å².